The molecule has 212 valence electrons. The molecule has 41 heavy (non-hydrogen) atoms. The predicted octanol–water partition coefficient (Wildman–Crippen LogP) is 7.38. The number of ketones is 1. The Bertz CT molecular complexity index is 1430. The molecule has 1 fully saturated rings. The summed E-state index contributed by atoms with van der Waals surface area (Å²) in [6, 6.07) is 23.0. The Morgan fingerprint density at radius 3 is 2.56 bits per heavy atom. The minimum atomic E-state index is -0.315. The van der Waals surface area contributed by atoms with Gasteiger partial charge in [-0.15, -0.1) is 11.8 Å². The van der Waals surface area contributed by atoms with Gasteiger partial charge in [0.15, 0.2) is 5.78 Å². The number of Topliss-reactive ketones (excluding diaryl/α,β-unsaturated/α-hetero) is 1. The van der Waals surface area contributed by atoms with E-state index in [4.69, 9.17) is 0 Å². The number of carbonyl (C=O) groups is 2. The van der Waals surface area contributed by atoms with E-state index in [2.05, 4.69) is 40.6 Å². The van der Waals surface area contributed by atoms with Crippen molar-refractivity contribution >= 4 is 34.7 Å². The molecule has 0 N–H and O–H groups in total. The first-order chi connectivity index (χ1) is 20.0. The fourth-order valence-electron chi connectivity index (χ4n) is 6.48. The summed E-state index contributed by atoms with van der Waals surface area (Å²) in [7, 11) is 0. The highest BCUT2D eigenvalue weighted by molar-refractivity contribution is 8.02. The number of anilines is 1. The average molecular weight is 569 g/mol. The van der Waals surface area contributed by atoms with Gasteiger partial charge in [0, 0.05) is 35.6 Å². The standard InChI is InChI=1S/C35H37FN2O2S/c36-30-9-4-8-27(19-30)22-38-33-20-28(11-12-31(33)32-24-41-23-29(32)21-35(38)40)34(39)10-5-15-37-16-13-26(14-17-37)18-25-6-2-1-3-7-25/h1-4,6-9,11-12,19-20,24,26,29H,5,10,13-18,21-23H2/t29-/m1/s1. The molecule has 0 spiro atoms. The van der Waals surface area contributed by atoms with E-state index < -0.39 is 0 Å². The van der Waals surface area contributed by atoms with Gasteiger partial charge in [0.05, 0.1) is 12.2 Å². The molecule has 3 aliphatic rings. The molecule has 4 nitrogen and oxygen atoms in total. The zero-order chi connectivity index (χ0) is 28.2. The van der Waals surface area contributed by atoms with Crippen molar-refractivity contribution in [1.29, 1.82) is 0 Å². The molecule has 3 heterocycles. The van der Waals surface area contributed by atoms with Crippen molar-refractivity contribution in [3.63, 3.8) is 0 Å². The molecule has 1 atom stereocenters. The number of amides is 1. The Morgan fingerprint density at radius 2 is 1.76 bits per heavy atom. The topological polar surface area (TPSA) is 40.6 Å². The Labute approximate surface area is 246 Å². The second-order valence-electron chi connectivity index (χ2n) is 11.7. The van der Waals surface area contributed by atoms with E-state index in [9.17, 15) is 14.0 Å². The number of fused-ring (bicyclic) bond motifs is 3. The second kappa shape index (κ2) is 12.7. The first kappa shape index (κ1) is 27.9. The quantitative estimate of drug-likeness (QED) is 0.253. The van der Waals surface area contributed by atoms with Gasteiger partial charge in [-0.25, -0.2) is 4.39 Å². The van der Waals surface area contributed by atoms with Gasteiger partial charge >= 0.3 is 0 Å². The SMILES string of the molecule is O=C(CCCN1CCC(Cc2ccccc2)CC1)c1ccc2c(c1)N(Cc1cccc(F)c1)C(=O)C[C@@H]1CSC=C21. The normalized spacial score (nSPS) is 19.4. The third kappa shape index (κ3) is 6.65. The van der Waals surface area contributed by atoms with Crippen LogP contribution >= 0.6 is 11.8 Å². The van der Waals surface area contributed by atoms with Crippen LogP contribution in [0, 0.1) is 17.7 Å². The lowest BCUT2D eigenvalue weighted by molar-refractivity contribution is -0.119. The third-order valence-electron chi connectivity index (χ3n) is 8.77. The second-order valence-corrected chi connectivity index (χ2v) is 12.6. The van der Waals surface area contributed by atoms with Crippen LogP contribution in [-0.2, 0) is 17.8 Å². The van der Waals surface area contributed by atoms with Crippen molar-refractivity contribution in [3.8, 4) is 0 Å². The maximum absolute atomic E-state index is 13.9. The molecule has 6 heteroatoms. The average Bonchev–Trinajstić information content (AvgIpc) is 3.41. The van der Waals surface area contributed by atoms with Gasteiger partial charge in [-0.3, -0.25) is 9.59 Å². The maximum atomic E-state index is 13.9. The molecule has 1 saturated heterocycles. The molecular weight excluding hydrogens is 531 g/mol. The molecule has 0 saturated carbocycles. The van der Waals surface area contributed by atoms with Crippen LogP contribution in [0.15, 0.2) is 78.2 Å². The Kier molecular flexibility index (Phi) is 8.68. The molecule has 0 aliphatic carbocycles. The number of piperidine rings is 1. The van der Waals surface area contributed by atoms with Crippen LogP contribution in [0.25, 0.3) is 5.57 Å². The fraction of sp³-hybridized carbons (Fsp3) is 0.371. The number of hydrogen-bond acceptors (Lipinski definition) is 4. The van der Waals surface area contributed by atoms with E-state index in [1.807, 2.05) is 24.3 Å². The smallest absolute Gasteiger partial charge is 0.227 e. The van der Waals surface area contributed by atoms with Gasteiger partial charge in [0.25, 0.3) is 0 Å². The molecule has 0 aromatic heterocycles. The zero-order valence-electron chi connectivity index (χ0n) is 23.4. The van der Waals surface area contributed by atoms with E-state index in [1.54, 1.807) is 22.7 Å². The summed E-state index contributed by atoms with van der Waals surface area (Å²) in [6.45, 7) is 3.41. The molecule has 1 amide bonds. The van der Waals surface area contributed by atoms with Gasteiger partial charge < -0.3 is 9.80 Å². The summed E-state index contributed by atoms with van der Waals surface area (Å²) in [5.41, 5.74) is 5.76. The van der Waals surface area contributed by atoms with Crippen molar-refractivity contribution in [2.75, 3.05) is 30.3 Å². The highest BCUT2D eigenvalue weighted by Gasteiger charge is 2.34. The summed E-state index contributed by atoms with van der Waals surface area (Å²) in [6.07, 6.45) is 5.31. The van der Waals surface area contributed by atoms with Crippen molar-refractivity contribution < 1.29 is 14.0 Å². The van der Waals surface area contributed by atoms with Gasteiger partial charge in [-0.05, 0) is 91.5 Å². The number of rotatable bonds is 9. The van der Waals surface area contributed by atoms with Crippen LogP contribution < -0.4 is 4.90 Å². The number of carbonyl (C=O) groups excluding carboxylic acids is 2. The predicted molar refractivity (Wildman–Crippen MR) is 165 cm³/mol. The van der Waals surface area contributed by atoms with Crippen molar-refractivity contribution in [2.45, 2.75) is 45.1 Å². The van der Waals surface area contributed by atoms with Gasteiger partial charge in [0.2, 0.25) is 5.91 Å². The molecule has 3 aromatic carbocycles. The molecule has 0 bridgehead atoms. The number of likely N-dealkylation sites (tertiary alicyclic amines) is 1. The minimum Gasteiger partial charge on any atom is -0.307 e. The van der Waals surface area contributed by atoms with E-state index in [0.29, 0.717) is 18.4 Å². The molecule has 3 aliphatic heterocycles. The first-order valence-corrected chi connectivity index (χ1v) is 15.9. The van der Waals surface area contributed by atoms with E-state index in [0.717, 1.165) is 61.0 Å². The van der Waals surface area contributed by atoms with Crippen LogP contribution in [-0.4, -0.2) is 42.0 Å². The molecule has 3 aromatic rings. The summed E-state index contributed by atoms with van der Waals surface area (Å²) in [5, 5.41) is 2.16. The van der Waals surface area contributed by atoms with Gasteiger partial charge in [-0.2, -0.15) is 0 Å². The largest absolute Gasteiger partial charge is 0.307 e. The van der Waals surface area contributed by atoms with E-state index >= 15 is 0 Å². The van der Waals surface area contributed by atoms with Crippen molar-refractivity contribution in [2.24, 2.45) is 11.8 Å². The van der Waals surface area contributed by atoms with Gasteiger partial charge in [0.1, 0.15) is 5.82 Å². The lowest BCUT2D eigenvalue weighted by Gasteiger charge is -2.32. The number of allylic oxidation sites excluding steroid dienone is 1. The molecule has 0 unspecified atom stereocenters. The number of nitrogens with zero attached hydrogens (tertiary/aromatic N) is 2. The first-order valence-electron chi connectivity index (χ1n) is 14.8. The summed E-state index contributed by atoms with van der Waals surface area (Å²) in [5.74, 6) is 1.61. The number of halogens is 1. The van der Waals surface area contributed by atoms with Crippen LogP contribution in [0.3, 0.4) is 0 Å². The van der Waals surface area contributed by atoms with Crippen LogP contribution in [0.2, 0.25) is 0 Å². The highest BCUT2D eigenvalue weighted by Crippen LogP contribution is 2.45. The Hall–Kier alpha value is -3.22. The van der Waals surface area contributed by atoms with E-state index in [-0.39, 0.29) is 30.0 Å². The van der Waals surface area contributed by atoms with Crippen LogP contribution in [0.5, 0.6) is 0 Å². The third-order valence-corrected chi connectivity index (χ3v) is 9.79. The summed E-state index contributed by atoms with van der Waals surface area (Å²) in [4.78, 5) is 31.1. The van der Waals surface area contributed by atoms with Crippen molar-refractivity contribution in [1.82, 2.24) is 4.90 Å². The molecule has 6 rings (SSSR count). The lowest BCUT2D eigenvalue weighted by Crippen LogP contribution is -2.35. The van der Waals surface area contributed by atoms with E-state index in [1.165, 1.54) is 36.1 Å². The zero-order valence-corrected chi connectivity index (χ0v) is 24.3. The maximum Gasteiger partial charge on any atom is 0.227 e. The highest BCUT2D eigenvalue weighted by atomic mass is 32.2. The number of benzene rings is 3. The Balaban J connectivity index is 1.10. The summed E-state index contributed by atoms with van der Waals surface area (Å²) >= 11 is 1.74. The lowest BCUT2D eigenvalue weighted by atomic mass is 9.90. The Morgan fingerprint density at radius 1 is 0.951 bits per heavy atom. The summed E-state index contributed by atoms with van der Waals surface area (Å²) < 4.78 is 13.9. The monoisotopic (exact) mass is 568 g/mol. The van der Waals surface area contributed by atoms with Crippen LogP contribution in [0.4, 0.5) is 10.1 Å². The van der Waals surface area contributed by atoms with Crippen LogP contribution in [0.1, 0.15) is 59.2 Å². The molecular formula is C35H37FN2O2S. The minimum absolute atomic E-state index is 0.0201. The van der Waals surface area contributed by atoms with Crippen molar-refractivity contribution in [3.05, 3.63) is 106 Å². The van der Waals surface area contributed by atoms with Gasteiger partial charge in [-0.1, -0.05) is 54.6 Å². The molecule has 0 radical (unpaired) electrons. The fourth-order valence-corrected chi connectivity index (χ4v) is 7.61. The number of hydrogen-bond donors (Lipinski definition) is 0. The number of thioether (sulfide) groups is 1.